The number of benzene rings is 3. The SMILES string of the molecule is C=CCCC(CC=C)O[SiH2]c1ccc(N(c2ccc(OC)cc2)c2ccc([SiH2]OC(CC=C)CCC=C)cc2)cc1. The highest BCUT2D eigenvalue weighted by molar-refractivity contribution is 6.47. The largest absolute Gasteiger partial charge is 0.497 e. The molecule has 0 aliphatic carbocycles. The van der Waals surface area contributed by atoms with Crippen LogP contribution in [0.5, 0.6) is 5.75 Å². The second kappa shape index (κ2) is 18.1. The van der Waals surface area contributed by atoms with Crippen molar-refractivity contribution in [3.63, 3.8) is 0 Å². The molecule has 0 amide bonds. The molecule has 0 heterocycles. The molecule has 3 aromatic rings. The fourth-order valence-corrected chi connectivity index (χ4v) is 6.92. The van der Waals surface area contributed by atoms with Gasteiger partial charge in [0, 0.05) is 29.3 Å². The second-order valence-electron chi connectivity index (χ2n) is 10.0. The highest BCUT2D eigenvalue weighted by Gasteiger charge is 2.14. The van der Waals surface area contributed by atoms with E-state index in [0.717, 1.165) is 61.3 Å². The number of methoxy groups -OCH3 is 1. The zero-order valence-electron chi connectivity index (χ0n) is 24.5. The van der Waals surface area contributed by atoms with E-state index in [1.807, 2.05) is 36.4 Å². The predicted molar refractivity (Wildman–Crippen MR) is 182 cm³/mol. The van der Waals surface area contributed by atoms with Gasteiger partial charge in [-0.25, -0.2) is 0 Å². The Labute approximate surface area is 251 Å². The molecule has 0 radical (unpaired) electrons. The van der Waals surface area contributed by atoms with Crippen LogP contribution in [0.2, 0.25) is 0 Å². The number of nitrogens with zero attached hydrogens (tertiary/aromatic N) is 1. The summed E-state index contributed by atoms with van der Waals surface area (Å²) in [6.07, 6.45) is 13.9. The third-order valence-corrected chi connectivity index (χ3v) is 9.82. The maximum Gasteiger partial charge on any atom is 0.192 e. The number of anilines is 3. The predicted octanol–water partition coefficient (Wildman–Crippen LogP) is 6.44. The molecule has 0 N–H and O–H groups in total. The normalized spacial score (nSPS) is 12.8. The maximum absolute atomic E-state index is 6.33. The lowest BCUT2D eigenvalue weighted by atomic mass is 10.1. The Hall–Kier alpha value is -3.43. The Balaban J connectivity index is 1.78. The van der Waals surface area contributed by atoms with Gasteiger partial charge >= 0.3 is 0 Å². The summed E-state index contributed by atoms with van der Waals surface area (Å²) < 4.78 is 18.1. The molecule has 0 aliphatic rings. The number of allylic oxidation sites excluding steroid dienone is 2. The highest BCUT2D eigenvalue weighted by Crippen LogP contribution is 2.34. The number of hydrogen-bond acceptors (Lipinski definition) is 4. The molecule has 216 valence electrons. The van der Waals surface area contributed by atoms with E-state index in [2.05, 4.69) is 91.9 Å². The van der Waals surface area contributed by atoms with Crippen LogP contribution in [0, 0.1) is 0 Å². The number of ether oxygens (including phenoxy) is 1. The van der Waals surface area contributed by atoms with Gasteiger partial charge in [0.2, 0.25) is 0 Å². The minimum atomic E-state index is -0.848. The minimum absolute atomic E-state index is 0.215. The van der Waals surface area contributed by atoms with E-state index in [1.54, 1.807) is 7.11 Å². The number of hydrogen-bond donors (Lipinski definition) is 0. The van der Waals surface area contributed by atoms with Crippen molar-refractivity contribution in [1.29, 1.82) is 0 Å². The van der Waals surface area contributed by atoms with E-state index in [9.17, 15) is 0 Å². The molecule has 0 saturated heterocycles. The van der Waals surface area contributed by atoms with Crippen molar-refractivity contribution in [2.24, 2.45) is 0 Å². The summed E-state index contributed by atoms with van der Waals surface area (Å²) in [6.45, 7) is 15.5. The molecule has 0 fully saturated rings. The van der Waals surface area contributed by atoms with Gasteiger partial charge in [0.1, 0.15) is 5.75 Å². The van der Waals surface area contributed by atoms with Crippen LogP contribution in [-0.4, -0.2) is 38.8 Å². The van der Waals surface area contributed by atoms with E-state index in [-0.39, 0.29) is 12.2 Å². The summed E-state index contributed by atoms with van der Waals surface area (Å²) in [4.78, 5) is 2.27. The first-order valence-corrected chi connectivity index (χ1v) is 17.0. The molecular formula is C35H45NO3Si2. The van der Waals surface area contributed by atoms with Gasteiger partial charge in [-0.3, -0.25) is 0 Å². The standard InChI is InChI=1S/C35H45NO3Si2/c1-6-10-14-32(12-8-3)38-40-34-24-18-29(19-25-34)36(28-16-22-31(37-5)23-17-28)30-20-26-35(27-21-30)41-39-33(13-9-4)15-11-7-2/h6-9,16-27,32-33H,1-4,10-15,40-41H2,5H3. The van der Waals surface area contributed by atoms with E-state index in [1.165, 1.54) is 10.4 Å². The van der Waals surface area contributed by atoms with Crippen molar-refractivity contribution in [1.82, 2.24) is 0 Å². The van der Waals surface area contributed by atoms with Gasteiger partial charge in [0.25, 0.3) is 0 Å². The van der Waals surface area contributed by atoms with Crippen molar-refractivity contribution in [2.75, 3.05) is 12.0 Å². The third-order valence-electron chi connectivity index (χ3n) is 6.94. The summed E-state index contributed by atoms with van der Waals surface area (Å²) in [6, 6.07) is 25.7. The molecule has 0 bridgehead atoms. The Morgan fingerprint density at radius 1 is 0.610 bits per heavy atom. The topological polar surface area (TPSA) is 30.9 Å². The van der Waals surface area contributed by atoms with E-state index < -0.39 is 19.5 Å². The molecule has 0 spiro atoms. The van der Waals surface area contributed by atoms with Crippen molar-refractivity contribution in [3.8, 4) is 5.75 Å². The van der Waals surface area contributed by atoms with Crippen LogP contribution in [0.1, 0.15) is 38.5 Å². The molecule has 2 atom stereocenters. The van der Waals surface area contributed by atoms with Crippen LogP contribution < -0.4 is 20.0 Å². The lowest BCUT2D eigenvalue weighted by Gasteiger charge is -2.26. The van der Waals surface area contributed by atoms with E-state index in [0.29, 0.717) is 0 Å². The lowest BCUT2D eigenvalue weighted by Crippen LogP contribution is -2.24. The van der Waals surface area contributed by atoms with Gasteiger partial charge in [-0.1, -0.05) is 48.6 Å². The summed E-state index contributed by atoms with van der Waals surface area (Å²) >= 11 is 0. The summed E-state index contributed by atoms with van der Waals surface area (Å²) in [5.74, 6) is 0.835. The highest BCUT2D eigenvalue weighted by atomic mass is 28.2. The zero-order chi connectivity index (χ0) is 29.3. The number of rotatable bonds is 20. The summed E-state index contributed by atoms with van der Waals surface area (Å²) in [7, 11) is -0.00497. The molecule has 3 aromatic carbocycles. The van der Waals surface area contributed by atoms with Crippen LogP contribution in [0.3, 0.4) is 0 Å². The molecule has 4 nitrogen and oxygen atoms in total. The van der Waals surface area contributed by atoms with Gasteiger partial charge in [0.05, 0.1) is 7.11 Å². The Bertz CT molecular complexity index is 1140. The van der Waals surface area contributed by atoms with Crippen LogP contribution in [0.25, 0.3) is 0 Å². The van der Waals surface area contributed by atoms with Crippen LogP contribution in [0.4, 0.5) is 17.1 Å². The van der Waals surface area contributed by atoms with Gasteiger partial charge in [0.15, 0.2) is 19.5 Å². The molecule has 2 unspecified atom stereocenters. The Kier molecular flexibility index (Phi) is 14.2. The monoisotopic (exact) mass is 583 g/mol. The Morgan fingerprint density at radius 2 is 1.00 bits per heavy atom. The Morgan fingerprint density at radius 3 is 1.34 bits per heavy atom. The zero-order valence-corrected chi connectivity index (χ0v) is 27.4. The molecule has 41 heavy (non-hydrogen) atoms. The molecule has 6 heteroatoms. The first-order chi connectivity index (χ1) is 20.1. The lowest BCUT2D eigenvalue weighted by molar-refractivity contribution is 0.209. The van der Waals surface area contributed by atoms with Gasteiger partial charge < -0.3 is 18.5 Å². The van der Waals surface area contributed by atoms with Gasteiger partial charge in [-0.2, -0.15) is 0 Å². The third kappa shape index (κ3) is 10.5. The summed E-state index contributed by atoms with van der Waals surface area (Å²) in [5.41, 5.74) is 3.26. The van der Waals surface area contributed by atoms with E-state index >= 15 is 0 Å². The average Bonchev–Trinajstić information content (AvgIpc) is 3.01. The van der Waals surface area contributed by atoms with Crippen molar-refractivity contribution in [2.45, 2.75) is 50.7 Å². The van der Waals surface area contributed by atoms with Crippen LogP contribution in [0.15, 0.2) is 123 Å². The maximum atomic E-state index is 6.33. The quantitative estimate of drug-likeness (QED) is 0.113. The minimum Gasteiger partial charge on any atom is -0.497 e. The van der Waals surface area contributed by atoms with Crippen molar-refractivity contribution < 1.29 is 13.6 Å². The van der Waals surface area contributed by atoms with Crippen LogP contribution >= 0.6 is 0 Å². The summed E-state index contributed by atoms with van der Waals surface area (Å²) in [5, 5.41) is 2.56. The van der Waals surface area contributed by atoms with E-state index in [4.69, 9.17) is 13.6 Å². The molecule has 0 aliphatic heterocycles. The van der Waals surface area contributed by atoms with Gasteiger partial charge in [-0.05, 0) is 97.4 Å². The average molecular weight is 584 g/mol. The van der Waals surface area contributed by atoms with Crippen molar-refractivity contribution >= 4 is 47.0 Å². The molecule has 0 saturated carbocycles. The first-order valence-electron chi connectivity index (χ1n) is 14.4. The second-order valence-corrected chi connectivity index (χ2v) is 12.9. The molecule has 0 aromatic heterocycles. The van der Waals surface area contributed by atoms with Gasteiger partial charge in [-0.15, -0.1) is 26.3 Å². The molecular weight excluding hydrogens is 539 g/mol. The fourth-order valence-electron chi connectivity index (χ4n) is 4.61. The van der Waals surface area contributed by atoms with Crippen LogP contribution in [-0.2, 0) is 8.85 Å². The fraction of sp³-hybridized carbons (Fsp3) is 0.257. The first kappa shape index (κ1) is 32.1. The smallest absolute Gasteiger partial charge is 0.192 e. The van der Waals surface area contributed by atoms with Crippen molar-refractivity contribution in [3.05, 3.63) is 123 Å². The molecule has 3 rings (SSSR count).